The summed E-state index contributed by atoms with van der Waals surface area (Å²) in [6.07, 6.45) is 1.71. The van der Waals surface area contributed by atoms with E-state index in [1.165, 1.54) is 0 Å². The normalized spacial score (nSPS) is 9.95. The summed E-state index contributed by atoms with van der Waals surface area (Å²) in [6.45, 7) is 5.49. The van der Waals surface area contributed by atoms with Crippen LogP contribution in [0.25, 0.3) is 0 Å². The van der Waals surface area contributed by atoms with Crippen molar-refractivity contribution < 1.29 is 14.3 Å². The van der Waals surface area contributed by atoms with Crippen molar-refractivity contribution in [1.82, 2.24) is 5.32 Å². The number of anilines is 1. The Labute approximate surface area is 113 Å². The molecule has 0 spiro atoms. The van der Waals surface area contributed by atoms with Crippen molar-refractivity contribution in [1.29, 1.82) is 0 Å². The number of benzene rings is 1. The van der Waals surface area contributed by atoms with E-state index >= 15 is 0 Å². The highest BCUT2D eigenvalue weighted by Crippen LogP contribution is 2.15. The third-order valence-electron chi connectivity index (χ3n) is 2.27. The Hall–Kier alpha value is -1.85. The monoisotopic (exact) mass is 264 g/mol. The third kappa shape index (κ3) is 6.59. The van der Waals surface area contributed by atoms with E-state index < -0.39 is 0 Å². The van der Waals surface area contributed by atoms with E-state index in [0.717, 1.165) is 11.4 Å². The van der Waals surface area contributed by atoms with Crippen LogP contribution in [0, 0.1) is 0 Å². The van der Waals surface area contributed by atoms with Gasteiger partial charge >= 0.3 is 0 Å². The molecular weight excluding hydrogens is 244 g/mol. The molecule has 5 heteroatoms. The summed E-state index contributed by atoms with van der Waals surface area (Å²) < 4.78 is 10.3. The van der Waals surface area contributed by atoms with Gasteiger partial charge in [0.1, 0.15) is 12.4 Å². The molecule has 0 saturated carbocycles. The quantitative estimate of drug-likeness (QED) is 0.523. The fourth-order valence-electron chi connectivity index (χ4n) is 1.37. The molecule has 0 bridgehead atoms. The Morgan fingerprint density at radius 2 is 2.05 bits per heavy atom. The van der Waals surface area contributed by atoms with Crippen LogP contribution in [-0.4, -0.2) is 39.3 Å². The topological polar surface area (TPSA) is 59.6 Å². The van der Waals surface area contributed by atoms with Gasteiger partial charge in [-0.15, -0.1) is 6.58 Å². The summed E-state index contributed by atoms with van der Waals surface area (Å²) in [5.74, 6) is 0.662. The standard InChI is InChI=1S/C14H20N2O3/c1-3-8-15-11-14(17)16-12-4-6-13(7-5-12)19-10-9-18-2/h3-7,15H,1,8-11H2,2H3,(H,16,17). The first-order valence-electron chi connectivity index (χ1n) is 6.09. The third-order valence-corrected chi connectivity index (χ3v) is 2.27. The molecule has 0 aromatic heterocycles. The first-order valence-corrected chi connectivity index (χ1v) is 6.09. The van der Waals surface area contributed by atoms with Crippen molar-refractivity contribution in [3.05, 3.63) is 36.9 Å². The summed E-state index contributed by atoms with van der Waals surface area (Å²) in [4.78, 5) is 11.5. The van der Waals surface area contributed by atoms with Gasteiger partial charge < -0.3 is 20.1 Å². The minimum absolute atomic E-state index is 0.0881. The van der Waals surface area contributed by atoms with Gasteiger partial charge in [0.05, 0.1) is 13.2 Å². The Balaban J connectivity index is 2.34. The average molecular weight is 264 g/mol. The minimum Gasteiger partial charge on any atom is -0.491 e. The summed E-state index contributed by atoms with van der Waals surface area (Å²) in [6, 6.07) is 7.21. The first-order chi connectivity index (χ1) is 9.26. The lowest BCUT2D eigenvalue weighted by Crippen LogP contribution is -2.28. The van der Waals surface area contributed by atoms with Gasteiger partial charge in [-0.2, -0.15) is 0 Å². The minimum atomic E-state index is -0.0881. The fraction of sp³-hybridized carbons (Fsp3) is 0.357. The molecule has 0 saturated heterocycles. The molecule has 19 heavy (non-hydrogen) atoms. The highest BCUT2D eigenvalue weighted by Gasteiger charge is 2.01. The predicted octanol–water partition coefficient (Wildman–Crippen LogP) is 1.43. The number of hydrogen-bond donors (Lipinski definition) is 2. The molecule has 1 rings (SSSR count). The summed E-state index contributed by atoms with van der Waals surface area (Å²) >= 11 is 0. The lowest BCUT2D eigenvalue weighted by Gasteiger charge is -2.08. The van der Waals surface area contributed by atoms with Crippen molar-refractivity contribution in [2.24, 2.45) is 0 Å². The van der Waals surface area contributed by atoms with E-state index in [-0.39, 0.29) is 12.5 Å². The predicted molar refractivity (Wildman–Crippen MR) is 75.5 cm³/mol. The average Bonchev–Trinajstić information content (AvgIpc) is 2.41. The molecule has 0 aliphatic carbocycles. The van der Waals surface area contributed by atoms with Crippen LogP contribution in [0.3, 0.4) is 0 Å². The molecule has 0 heterocycles. The van der Waals surface area contributed by atoms with Gasteiger partial charge in [0.2, 0.25) is 5.91 Å². The van der Waals surface area contributed by atoms with Crippen LogP contribution in [0.2, 0.25) is 0 Å². The van der Waals surface area contributed by atoms with Crippen molar-refractivity contribution in [2.75, 3.05) is 38.7 Å². The number of methoxy groups -OCH3 is 1. The van der Waals surface area contributed by atoms with E-state index in [1.54, 1.807) is 25.3 Å². The Kier molecular flexibility index (Phi) is 7.31. The molecule has 1 aromatic carbocycles. The number of amides is 1. The van der Waals surface area contributed by atoms with Crippen LogP contribution in [0.4, 0.5) is 5.69 Å². The molecule has 1 amide bonds. The van der Waals surface area contributed by atoms with Gasteiger partial charge in [-0.3, -0.25) is 4.79 Å². The van der Waals surface area contributed by atoms with Crippen LogP contribution in [0.5, 0.6) is 5.75 Å². The second kappa shape index (κ2) is 9.13. The van der Waals surface area contributed by atoms with Crippen molar-refractivity contribution in [2.45, 2.75) is 0 Å². The maximum absolute atomic E-state index is 11.5. The zero-order valence-corrected chi connectivity index (χ0v) is 11.1. The zero-order valence-electron chi connectivity index (χ0n) is 11.1. The summed E-state index contributed by atoms with van der Waals surface area (Å²) in [5.41, 5.74) is 0.740. The van der Waals surface area contributed by atoms with E-state index in [4.69, 9.17) is 9.47 Å². The number of carbonyl (C=O) groups is 1. The Bertz CT molecular complexity index is 390. The Morgan fingerprint density at radius 1 is 1.32 bits per heavy atom. The van der Waals surface area contributed by atoms with E-state index in [0.29, 0.717) is 19.8 Å². The molecule has 5 nitrogen and oxygen atoms in total. The maximum Gasteiger partial charge on any atom is 0.238 e. The number of ether oxygens (including phenoxy) is 2. The van der Waals surface area contributed by atoms with Crippen molar-refractivity contribution in [3.8, 4) is 5.75 Å². The maximum atomic E-state index is 11.5. The summed E-state index contributed by atoms with van der Waals surface area (Å²) in [7, 11) is 1.63. The molecule has 0 atom stereocenters. The van der Waals surface area contributed by atoms with Crippen LogP contribution in [-0.2, 0) is 9.53 Å². The largest absolute Gasteiger partial charge is 0.491 e. The molecule has 0 unspecified atom stereocenters. The van der Waals surface area contributed by atoms with Gasteiger partial charge in [0.15, 0.2) is 0 Å². The number of rotatable bonds is 9. The lowest BCUT2D eigenvalue weighted by molar-refractivity contribution is -0.115. The molecule has 0 aliphatic rings. The van der Waals surface area contributed by atoms with Gasteiger partial charge in [0, 0.05) is 19.3 Å². The molecule has 0 aliphatic heterocycles. The molecule has 2 N–H and O–H groups in total. The lowest BCUT2D eigenvalue weighted by atomic mass is 10.3. The van der Waals surface area contributed by atoms with Gasteiger partial charge in [0.25, 0.3) is 0 Å². The van der Waals surface area contributed by atoms with E-state index in [2.05, 4.69) is 17.2 Å². The van der Waals surface area contributed by atoms with Gasteiger partial charge in [-0.25, -0.2) is 0 Å². The number of hydrogen-bond acceptors (Lipinski definition) is 4. The second-order valence-corrected chi connectivity index (χ2v) is 3.83. The Morgan fingerprint density at radius 3 is 2.68 bits per heavy atom. The first kappa shape index (κ1) is 15.2. The van der Waals surface area contributed by atoms with E-state index in [1.807, 2.05) is 12.1 Å². The van der Waals surface area contributed by atoms with Gasteiger partial charge in [-0.1, -0.05) is 6.08 Å². The zero-order chi connectivity index (χ0) is 13.9. The van der Waals surface area contributed by atoms with E-state index in [9.17, 15) is 4.79 Å². The number of carbonyl (C=O) groups excluding carboxylic acids is 1. The van der Waals surface area contributed by atoms with Crippen LogP contribution in [0.15, 0.2) is 36.9 Å². The second-order valence-electron chi connectivity index (χ2n) is 3.83. The van der Waals surface area contributed by atoms with Gasteiger partial charge in [-0.05, 0) is 24.3 Å². The molecule has 104 valence electrons. The van der Waals surface area contributed by atoms with Crippen molar-refractivity contribution in [3.63, 3.8) is 0 Å². The van der Waals surface area contributed by atoms with Crippen LogP contribution in [0.1, 0.15) is 0 Å². The van der Waals surface area contributed by atoms with Crippen LogP contribution >= 0.6 is 0 Å². The summed E-state index contributed by atoms with van der Waals surface area (Å²) in [5, 5.41) is 5.71. The molecule has 1 aromatic rings. The molecule has 0 radical (unpaired) electrons. The molecule has 0 fully saturated rings. The molecular formula is C14H20N2O3. The van der Waals surface area contributed by atoms with Crippen LogP contribution < -0.4 is 15.4 Å². The highest BCUT2D eigenvalue weighted by atomic mass is 16.5. The SMILES string of the molecule is C=CCNCC(=O)Nc1ccc(OCCOC)cc1. The highest BCUT2D eigenvalue weighted by molar-refractivity contribution is 5.92. The van der Waals surface area contributed by atoms with Crippen molar-refractivity contribution >= 4 is 11.6 Å². The fourth-order valence-corrected chi connectivity index (χ4v) is 1.37. The number of nitrogens with one attached hydrogen (secondary N) is 2. The smallest absolute Gasteiger partial charge is 0.238 e.